The molecule has 270 valence electrons. The average molecular weight is 728 g/mol. The van der Waals surface area contributed by atoms with Crippen molar-refractivity contribution in [2.24, 2.45) is 0 Å². The van der Waals surface area contributed by atoms with E-state index in [1.54, 1.807) is 0 Å². The molecule has 2 aliphatic rings. The highest BCUT2D eigenvalue weighted by molar-refractivity contribution is 5.97. The van der Waals surface area contributed by atoms with Crippen molar-refractivity contribution in [2.75, 3.05) is 4.90 Å². The first-order chi connectivity index (χ1) is 28.0. The molecule has 1 heteroatoms. The maximum Gasteiger partial charge on any atom is 0.0468 e. The molecule has 2 aliphatic carbocycles. The Hall–Kier alpha value is -6.96. The number of benzene rings is 9. The van der Waals surface area contributed by atoms with Gasteiger partial charge in [0.15, 0.2) is 0 Å². The highest BCUT2D eigenvalue weighted by atomic mass is 15.1. The fourth-order valence-electron chi connectivity index (χ4n) is 10.1. The third-order valence-electron chi connectivity index (χ3n) is 13.0. The van der Waals surface area contributed by atoms with Crippen LogP contribution in [-0.4, -0.2) is 0 Å². The summed E-state index contributed by atoms with van der Waals surface area (Å²) in [4.78, 5) is 2.45. The van der Waals surface area contributed by atoms with Crippen LogP contribution in [0.3, 0.4) is 0 Å². The van der Waals surface area contributed by atoms with E-state index in [9.17, 15) is 0 Å². The van der Waals surface area contributed by atoms with Crippen LogP contribution in [0.25, 0.3) is 44.2 Å². The zero-order valence-corrected chi connectivity index (χ0v) is 32.2. The minimum atomic E-state index is -0.254. The Morgan fingerprint density at radius 1 is 0.316 bits per heavy atom. The Labute approximate surface area is 335 Å². The predicted octanol–water partition coefficient (Wildman–Crippen LogP) is 14.6. The molecule has 0 aliphatic heterocycles. The fourth-order valence-corrected chi connectivity index (χ4v) is 10.1. The number of anilines is 3. The van der Waals surface area contributed by atoms with Crippen molar-refractivity contribution < 1.29 is 0 Å². The molecule has 0 N–H and O–H groups in total. The van der Waals surface area contributed by atoms with Gasteiger partial charge >= 0.3 is 0 Å². The van der Waals surface area contributed by atoms with E-state index >= 15 is 0 Å². The predicted molar refractivity (Wildman–Crippen MR) is 239 cm³/mol. The van der Waals surface area contributed by atoms with Crippen molar-refractivity contribution in [2.45, 2.75) is 24.7 Å². The average Bonchev–Trinajstić information content (AvgIpc) is 3.70. The van der Waals surface area contributed by atoms with Crippen LogP contribution >= 0.6 is 0 Å². The molecule has 0 spiro atoms. The Morgan fingerprint density at radius 3 is 1.30 bits per heavy atom. The lowest BCUT2D eigenvalue weighted by Gasteiger charge is -2.30. The smallest absolute Gasteiger partial charge is 0.0468 e. The molecule has 57 heavy (non-hydrogen) atoms. The van der Waals surface area contributed by atoms with E-state index in [1.807, 2.05) is 0 Å². The SMILES string of the molecule is CC1(c2ccccc2)c2ccccc2-c2cc(N(c3ccc(-c4cccc5ccccc45)cc3)c3ccc4c(c3)-c3ccccc3C4(C)c3ccccc3)ccc21. The van der Waals surface area contributed by atoms with Crippen LogP contribution in [0.2, 0.25) is 0 Å². The maximum atomic E-state index is 2.45. The van der Waals surface area contributed by atoms with Crippen LogP contribution in [0.4, 0.5) is 17.1 Å². The first-order valence-electron chi connectivity index (χ1n) is 20.0. The molecule has 0 saturated heterocycles. The maximum absolute atomic E-state index is 2.45. The zero-order valence-electron chi connectivity index (χ0n) is 32.2. The van der Waals surface area contributed by atoms with E-state index in [0.29, 0.717) is 0 Å². The van der Waals surface area contributed by atoms with E-state index in [2.05, 4.69) is 231 Å². The Balaban J connectivity index is 1.10. The second kappa shape index (κ2) is 12.8. The van der Waals surface area contributed by atoms with Crippen LogP contribution in [0.5, 0.6) is 0 Å². The molecule has 0 bridgehead atoms. The highest BCUT2D eigenvalue weighted by Crippen LogP contribution is 2.56. The molecule has 2 unspecified atom stereocenters. The van der Waals surface area contributed by atoms with Gasteiger partial charge in [-0.15, -0.1) is 0 Å². The summed E-state index contributed by atoms with van der Waals surface area (Å²) in [6.07, 6.45) is 0. The zero-order chi connectivity index (χ0) is 38.1. The second-order valence-corrected chi connectivity index (χ2v) is 15.9. The third-order valence-corrected chi connectivity index (χ3v) is 13.0. The molecule has 0 saturated carbocycles. The van der Waals surface area contributed by atoms with Crippen LogP contribution in [0.15, 0.2) is 212 Å². The first kappa shape index (κ1) is 33.4. The highest BCUT2D eigenvalue weighted by Gasteiger charge is 2.42. The van der Waals surface area contributed by atoms with Gasteiger partial charge in [-0.3, -0.25) is 0 Å². The van der Waals surface area contributed by atoms with Crippen molar-refractivity contribution in [3.8, 4) is 33.4 Å². The van der Waals surface area contributed by atoms with Gasteiger partial charge in [-0.1, -0.05) is 176 Å². The van der Waals surface area contributed by atoms with Crippen molar-refractivity contribution >= 4 is 27.8 Å². The summed E-state index contributed by atoms with van der Waals surface area (Å²) >= 11 is 0. The Bertz CT molecular complexity index is 2830. The van der Waals surface area contributed by atoms with Crippen molar-refractivity contribution in [3.05, 3.63) is 246 Å². The molecule has 2 atom stereocenters. The molecular weight excluding hydrogens is 687 g/mol. The molecule has 1 nitrogen and oxygen atoms in total. The quantitative estimate of drug-likeness (QED) is 0.165. The van der Waals surface area contributed by atoms with Crippen LogP contribution in [0.1, 0.15) is 47.2 Å². The van der Waals surface area contributed by atoms with Crippen LogP contribution in [-0.2, 0) is 10.8 Å². The molecule has 9 aromatic carbocycles. The molecule has 0 amide bonds. The molecule has 0 heterocycles. The summed E-state index contributed by atoms with van der Waals surface area (Å²) in [5.74, 6) is 0. The normalized spacial score (nSPS) is 17.4. The molecule has 0 radical (unpaired) electrons. The molecule has 11 rings (SSSR count). The van der Waals surface area contributed by atoms with Gasteiger partial charge in [0.1, 0.15) is 0 Å². The van der Waals surface area contributed by atoms with Crippen LogP contribution in [0, 0.1) is 0 Å². The van der Waals surface area contributed by atoms with E-state index in [1.165, 1.54) is 77.5 Å². The molecular formula is C56H41N. The van der Waals surface area contributed by atoms with Crippen molar-refractivity contribution in [1.29, 1.82) is 0 Å². The van der Waals surface area contributed by atoms with Gasteiger partial charge in [-0.25, -0.2) is 0 Å². The standard InChI is InChI=1S/C56H41N/c1-55(40-18-5-3-6-19-40)51-26-13-11-23-47(51)49-36-43(32-34-53(49)55)57(42-30-28-39(29-31-42)46-25-15-17-38-16-9-10-22-45(38)46)44-33-35-54-50(37-44)48-24-12-14-27-52(48)56(54,2)41-20-7-4-8-21-41/h3-37H,1-2H3. The van der Waals surface area contributed by atoms with Gasteiger partial charge < -0.3 is 4.90 Å². The lowest BCUT2D eigenvalue weighted by Crippen LogP contribution is -2.22. The lowest BCUT2D eigenvalue weighted by atomic mass is 9.74. The molecule has 0 aromatic heterocycles. The summed E-state index contributed by atoms with van der Waals surface area (Å²) in [6, 6.07) is 78.6. The number of nitrogens with zero attached hydrogens (tertiary/aromatic N) is 1. The monoisotopic (exact) mass is 727 g/mol. The summed E-state index contributed by atoms with van der Waals surface area (Å²) in [6.45, 7) is 4.77. The summed E-state index contributed by atoms with van der Waals surface area (Å²) in [7, 11) is 0. The van der Waals surface area contributed by atoms with E-state index in [4.69, 9.17) is 0 Å². The number of hydrogen-bond acceptors (Lipinski definition) is 1. The van der Waals surface area contributed by atoms with Gasteiger partial charge in [0, 0.05) is 27.9 Å². The number of rotatable bonds is 6. The van der Waals surface area contributed by atoms with Gasteiger partial charge in [0.25, 0.3) is 0 Å². The summed E-state index contributed by atoms with van der Waals surface area (Å²) in [5.41, 5.74) is 18.5. The summed E-state index contributed by atoms with van der Waals surface area (Å²) < 4.78 is 0. The van der Waals surface area contributed by atoms with Crippen LogP contribution < -0.4 is 4.90 Å². The molecule has 9 aromatic rings. The van der Waals surface area contributed by atoms with E-state index < -0.39 is 0 Å². The Kier molecular flexibility index (Phi) is 7.50. The first-order valence-corrected chi connectivity index (χ1v) is 20.0. The van der Waals surface area contributed by atoms with E-state index in [0.717, 1.165) is 17.1 Å². The topological polar surface area (TPSA) is 3.24 Å². The molecule has 0 fully saturated rings. The largest absolute Gasteiger partial charge is 0.310 e. The van der Waals surface area contributed by atoms with Crippen molar-refractivity contribution in [1.82, 2.24) is 0 Å². The number of fused-ring (bicyclic) bond motifs is 7. The minimum Gasteiger partial charge on any atom is -0.310 e. The Morgan fingerprint density at radius 2 is 0.737 bits per heavy atom. The van der Waals surface area contributed by atoms with Gasteiger partial charge in [-0.05, 0) is 128 Å². The van der Waals surface area contributed by atoms with Gasteiger partial charge in [-0.2, -0.15) is 0 Å². The second-order valence-electron chi connectivity index (χ2n) is 15.9. The number of hydrogen-bond donors (Lipinski definition) is 0. The summed E-state index contributed by atoms with van der Waals surface area (Å²) in [5, 5.41) is 2.52. The minimum absolute atomic E-state index is 0.254. The third kappa shape index (κ3) is 4.95. The van der Waals surface area contributed by atoms with Gasteiger partial charge in [0.2, 0.25) is 0 Å². The fraction of sp³-hybridized carbons (Fsp3) is 0.0714. The van der Waals surface area contributed by atoms with Gasteiger partial charge in [0.05, 0.1) is 0 Å². The lowest BCUT2D eigenvalue weighted by molar-refractivity contribution is 0.714. The van der Waals surface area contributed by atoms with Crippen molar-refractivity contribution in [3.63, 3.8) is 0 Å². The van der Waals surface area contributed by atoms with E-state index in [-0.39, 0.29) is 10.8 Å².